The van der Waals surface area contributed by atoms with Crippen LogP contribution in [0, 0.1) is 0 Å². The van der Waals surface area contributed by atoms with Gasteiger partial charge in [0.05, 0.1) is 0 Å². The molecule has 0 amide bonds. The third-order valence-corrected chi connectivity index (χ3v) is 4.93. The predicted molar refractivity (Wildman–Crippen MR) is 64.2 cm³/mol. The summed E-state index contributed by atoms with van der Waals surface area (Å²) in [5.41, 5.74) is 0.450. The van der Waals surface area contributed by atoms with Crippen LogP contribution in [-0.2, 0) is 4.57 Å². The van der Waals surface area contributed by atoms with Crippen molar-refractivity contribution in [1.29, 1.82) is 0 Å². The Kier molecular flexibility index (Phi) is 2.07. The molecule has 0 bridgehead atoms. The van der Waals surface area contributed by atoms with Crippen molar-refractivity contribution in [3.05, 3.63) is 42.5 Å². The second kappa shape index (κ2) is 3.43. The van der Waals surface area contributed by atoms with E-state index in [-0.39, 0.29) is 0 Å². The van der Waals surface area contributed by atoms with E-state index in [4.69, 9.17) is 0 Å². The van der Waals surface area contributed by atoms with Crippen LogP contribution >= 0.6 is 7.80 Å². The smallest absolute Gasteiger partial charge is 0.108 e. The number of hydrogen-bond acceptors (Lipinski definition) is 1. The fourth-order valence-corrected chi connectivity index (χ4v) is 3.59. The maximum atomic E-state index is 12.2. The number of rotatable bonds is 2. The summed E-state index contributed by atoms with van der Waals surface area (Å²) in [5.74, 6) is 0. The van der Waals surface area contributed by atoms with Crippen LogP contribution in [0.1, 0.15) is 12.8 Å². The van der Waals surface area contributed by atoms with Gasteiger partial charge in [-0.25, -0.2) is 0 Å². The van der Waals surface area contributed by atoms with Crippen molar-refractivity contribution in [2.75, 3.05) is 0 Å². The number of benzene rings is 2. The minimum atomic E-state index is -1.17. The van der Waals surface area contributed by atoms with E-state index in [9.17, 15) is 4.57 Å². The topological polar surface area (TPSA) is 17.1 Å². The second-order valence-electron chi connectivity index (χ2n) is 4.06. The monoisotopic (exact) mass is 215 g/mol. The Morgan fingerprint density at radius 1 is 1.00 bits per heavy atom. The Morgan fingerprint density at radius 3 is 2.53 bits per heavy atom. The molecule has 2 aromatic rings. The van der Waals surface area contributed by atoms with Crippen molar-refractivity contribution in [3.8, 4) is 0 Å². The predicted octanol–water partition coefficient (Wildman–Crippen LogP) is 3.45. The Balaban J connectivity index is 2.20. The Bertz CT molecular complexity index is 524. The van der Waals surface area contributed by atoms with E-state index in [0.29, 0.717) is 5.66 Å². The molecule has 1 aliphatic carbocycles. The molecule has 0 N–H and O–H groups in total. The summed E-state index contributed by atoms with van der Waals surface area (Å²) in [5, 5.41) is 3.40. The molecule has 2 heteroatoms. The normalized spacial score (nSPS) is 16.7. The molecule has 0 saturated heterocycles. The van der Waals surface area contributed by atoms with Gasteiger partial charge in [-0.15, -0.1) is 0 Å². The lowest BCUT2D eigenvalue weighted by Crippen LogP contribution is -1.99. The summed E-state index contributed by atoms with van der Waals surface area (Å²) in [6, 6.07) is 14.3. The average Bonchev–Trinajstić information content (AvgIpc) is 3.11. The molecule has 1 saturated carbocycles. The van der Waals surface area contributed by atoms with Gasteiger partial charge in [0.1, 0.15) is 7.80 Å². The molecule has 1 nitrogen and oxygen atoms in total. The highest BCUT2D eigenvalue weighted by atomic mass is 31.1. The molecular weight excluding hydrogens is 203 g/mol. The van der Waals surface area contributed by atoms with E-state index in [2.05, 4.69) is 18.2 Å². The van der Waals surface area contributed by atoms with Crippen molar-refractivity contribution < 1.29 is 4.57 Å². The van der Waals surface area contributed by atoms with E-state index < -0.39 is 7.80 Å². The van der Waals surface area contributed by atoms with E-state index in [0.717, 1.165) is 23.5 Å². The van der Waals surface area contributed by atoms with Crippen molar-refractivity contribution >= 4 is 23.9 Å². The number of hydrogen-bond donors (Lipinski definition) is 0. The lowest BCUT2D eigenvalue weighted by Gasteiger charge is -2.04. The molecule has 0 aromatic heterocycles. The van der Waals surface area contributed by atoms with Crippen LogP contribution in [0.5, 0.6) is 0 Å². The summed E-state index contributed by atoms with van der Waals surface area (Å²) in [6.45, 7) is 0. The molecule has 1 fully saturated rings. The fourth-order valence-electron chi connectivity index (χ4n) is 1.91. The third kappa shape index (κ3) is 1.57. The first kappa shape index (κ1) is 9.06. The highest BCUT2D eigenvalue weighted by Gasteiger charge is 2.30. The summed E-state index contributed by atoms with van der Waals surface area (Å²) >= 11 is 0. The highest BCUT2D eigenvalue weighted by Crippen LogP contribution is 2.45. The minimum absolute atomic E-state index is 0.450. The summed E-state index contributed by atoms with van der Waals surface area (Å²) < 4.78 is 12.2. The average molecular weight is 215 g/mol. The van der Waals surface area contributed by atoms with Crippen molar-refractivity contribution in [2.24, 2.45) is 0 Å². The van der Waals surface area contributed by atoms with Crippen LogP contribution < -0.4 is 5.30 Å². The maximum Gasteiger partial charge on any atom is 0.108 e. The van der Waals surface area contributed by atoms with E-state index in [1.807, 2.05) is 24.3 Å². The van der Waals surface area contributed by atoms with Crippen molar-refractivity contribution in [3.63, 3.8) is 0 Å². The summed E-state index contributed by atoms with van der Waals surface area (Å²) in [4.78, 5) is 0. The molecular formula is C13H12OP. The Hall–Kier alpha value is -1.20. The molecule has 3 rings (SSSR count). The third-order valence-electron chi connectivity index (χ3n) is 2.88. The van der Waals surface area contributed by atoms with Gasteiger partial charge in [0.15, 0.2) is 0 Å². The van der Waals surface area contributed by atoms with Crippen molar-refractivity contribution in [2.45, 2.75) is 18.5 Å². The lowest BCUT2D eigenvalue weighted by atomic mass is 10.1. The molecule has 0 heterocycles. The molecule has 0 aliphatic heterocycles. The highest BCUT2D eigenvalue weighted by molar-refractivity contribution is 7.55. The molecule has 75 valence electrons. The Labute approximate surface area is 89.9 Å². The molecule has 2 aromatic carbocycles. The first-order valence-electron chi connectivity index (χ1n) is 5.30. The van der Waals surface area contributed by atoms with Gasteiger partial charge in [-0.1, -0.05) is 36.4 Å². The number of fused-ring (bicyclic) bond motifs is 1. The summed E-state index contributed by atoms with van der Waals surface area (Å²) in [7, 11) is -1.17. The molecule has 0 spiro atoms. The molecule has 1 aliphatic rings. The van der Waals surface area contributed by atoms with Gasteiger partial charge in [-0.3, -0.25) is 4.57 Å². The van der Waals surface area contributed by atoms with Gasteiger partial charge >= 0.3 is 0 Å². The van der Waals surface area contributed by atoms with Gasteiger partial charge in [0, 0.05) is 11.0 Å². The van der Waals surface area contributed by atoms with E-state index in [1.165, 1.54) is 5.39 Å². The quantitative estimate of drug-likeness (QED) is 0.701. The second-order valence-corrected chi connectivity index (χ2v) is 5.92. The first-order valence-corrected chi connectivity index (χ1v) is 6.63. The molecule has 1 atom stereocenters. The molecule has 15 heavy (non-hydrogen) atoms. The zero-order chi connectivity index (χ0) is 10.3. The summed E-state index contributed by atoms with van der Waals surface area (Å²) in [6.07, 6.45) is 2.27. The standard InChI is InChI=1S/C13H12OP/c14-15(11-8-9-11)13-7-3-5-10-4-1-2-6-12(10)13/h1-7,11H,8-9H2. The lowest BCUT2D eigenvalue weighted by molar-refractivity contribution is 0.592. The van der Waals surface area contributed by atoms with Gasteiger partial charge in [-0.2, -0.15) is 0 Å². The van der Waals surface area contributed by atoms with Crippen LogP contribution in [0.15, 0.2) is 42.5 Å². The maximum absolute atomic E-state index is 12.2. The van der Waals surface area contributed by atoms with E-state index in [1.54, 1.807) is 0 Å². The molecule has 1 unspecified atom stereocenters. The molecule has 1 radical (unpaired) electrons. The van der Waals surface area contributed by atoms with Crippen LogP contribution in [0.25, 0.3) is 10.8 Å². The van der Waals surface area contributed by atoms with Gasteiger partial charge in [-0.05, 0) is 29.7 Å². The Morgan fingerprint density at radius 2 is 1.73 bits per heavy atom. The van der Waals surface area contributed by atoms with E-state index >= 15 is 0 Å². The van der Waals surface area contributed by atoms with Crippen LogP contribution in [0.2, 0.25) is 0 Å². The van der Waals surface area contributed by atoms with Crippen LogP contribution in [-0.4, -0.2) is 5.66 Å². The minimum Gasteiger partial charge on any atom is -0.282 e. The zero-order valence-electron chi connectivity index (χ0n) is 8.39. The fraction of sp³-hybridized carbons (Fsp3) is 0.231. The van der Waals surface area contributed by atoms with Gasteiger partial charge in [0.25, 0.3) is 0 Å². The van der Waals surface area contributed by atoms with Crippen molar-refractivity contribution in [1.82, 2.24) is 0 Å². The first-order chi connectivity index (χ1) is 7.36. The van der Waals surface area contributed by atoms with Crippen LogP contribution in [0.3, 0.4) is 0 Å². The van der Waals surface area contributed by atoms with Crippen LogP contribution in [0.4, 0.5) is 0 Å². The SMILES string of the molecule is O=[P](c1cccc2ccccc12)C1CC1. The van der Waals surface area contributed by atoms with Gasteiger partial charge in [0.2, 0.25) is 0 Å². The largest absolute Gasteiger partial charge is 0.282 e. The van der Waals surface area contributed by atoms with Gasteiger partial charge < -0.3 is 0 Å². The zero-order valence-corrected chi connectivity index (χ0v) is 9.28.